The minimum absolute atomic E-state index is 0.346. The van der Waals surface area contributed by atoms with Crippen LogP contribution in [0.5, 0.6) is 0 Å². The van der Waals surface area contributed by atoms with E-state index in [4.69, 9.17) is 0 Å². The molecule has 2 atom stereocenters. The molecule has 0 aromatic heterocycles. The maximum atomic E-state index is 12.0. The third kappa shape index (κ3) is 1.80. The molecule has 2 heteroatoms. The standard InChI is InChI=1S/C16H25NO/c1-10-2-14(10)15(18)17-9-16-6-11-3-12(7-16)5-13(4-11)8-16/h10-14H,2-9H2,1H3,(H,17,18)/t10-,11?,12?,13?,14+,16?/m1/s1. The number of carbonyl (C=O) groups is 1. The van der Waals surface area contributed by atoms with E-state index >= 15 is 0 Å². The highest BCUT2D eigenvalue weighted by molar-refractivity contribution is 5.81. The molecule has 4 bridgehead atoms. The van der Waals surface area contributed by atoms with Crippen LogP contribution in [0.15, 0.2) is 0 Å². The molecule has 1 amide bonds. The van der Waals surface area contributed by atoms with Crippen molar-refractivity contribution in [3.8, 4) is 0 Å². The lowest BCUT2D eigenvalue weighted by atomic mass is 9.49. The van der Waals surface area contributed by atoms with E-state index in [0.717, 1.165) is 30.7 Å². The van der Waals surface area contributed by atoms with Gasteiger partial charge in [-0.05, 0) is 74.0 Å². The highest BCUT2D eigenvalue weighted by atomic mass is 16.2. The van der Waals surface area contributed by atoms with Crippen LogP contribution in [-0.2, 0) is 4.79 Å². The Morgan fingerprint density at radius 1 is 1.06 bits per heavy atom. The van der Waals surface area contributed by atoms with Crippen LogP contribution in [0.2, 0.25) is 0 Å². The molecule has 2 nitrogen and oxygen atoms in total. The molecule has 0 heterocycles. The van der Waals surface area contributed by atoms with Gasteiger partial charge in [-0.15, -0.1) is 0 Å². The molecule has 5 aliphatic rings. The number of carbonyl (C=O) groups excluding carboxylic acids is 1. The van der Waals surface area contributed by atoms with Gasteiger partial charge in [-0.2, -0.15) is 0 Å². The topological polar surface area (TPSA) is 29.1 Å². The molecule has 0 aromatic rings. The second-order valence-corrected chi connectivity index (χ2v) is 7.95. The number of nitrogens with one attached hydrogen (secondary N) is 1. The van der Waals surface area contributed by atoms with Crippen LogP contribution < -0.4 is 5.32 Å². The molecule has 0 aromatic carbocycles. The summed E-state index contributed by atoms with van der Waals surface area (Å²) in [7, 11) is 0. The molecule has 5 saturated carbocycles. The summed E-state index contributed by atoms with van der Waals surface area (Å²) in [6.45, 7) is 3.17. The van der Waals surface area contributed by atoms with E-state index in [9.17, 15) is 4.79 Å². The van der Waals surface area contributed by atoms with Gasteiger partial charge >= 0.3 is 0 Å². The van der Waals surface area contributed by atoms with E-state index in [0.29, 0.717) is 23.2 Å². The summed E-state index contributed by atoms with van der Waals surface area (Å²) in [6, 6.07) is 0. The Morgan fingerprint density at radius 3 is 2.00 bits per heavy atom. The van der Waals surface area contributed by atoms with Gasteiger partial charge in [0.15, 0.2) is 0 Å². The van der Waals surface area contributed by atoms with Gasteiger partial charge in [-0.1, -0.05) is 6.92 Å². The predicted octanol–water partition coefficient (Wildman–Crippen LogP) is 2.98. The van der Waals surface area contributed by atoms with Crippen molar-refractivity contribution < 1.29 is 4.79 Å². The van der Waals surface area contributed by atoms with Crippen molar-refractivity contribution in [2.45, 2.75) is 51.9 Å². The van der Waals surface area contributed by atoms with E-state index < -0.39 is 0 Å². The van der Waals surface area contributed by atoms with E-state index in [1.807, 2.05) is 0 Å². The fraction of sp³-hybridized carbons (Fsp3) is 0.938. The summed E-state index contributed by atoms with van der Waals surface area (Å²) in [5, 5.41) is 3.29. The van der Waals surface area contributed by atoms with Gasteiger partial charge in [0.2, 0.25) is 5.91 Å². The van der Waals surface area contributed by atoms with Crippen molar-refractivity contribution in [2.75, 3.05) is 6.54 Å². The number of hydrogen-bond acceptors (Lipinski definition) is 1. The maximum Gasteiger partial charge on any atom is 0.223 e. The Morgan fingerprint density at radius 2 is 1.56 bits per heavy atom. The lowest BCUT2D eigenvalue weighted by Gasteiger charge is -2.56. The third-order valence-corrected chi connectivity index (χ3v) is 6.25. The molecule has 0 saturated heterocycles. The fourth-order valence-corrected chi connectivity index (χ4v) is 5.60. The lowest BCUT2D eigenvalue weighted by Crippen LogP contribution is -2.51. The summed E-state index contributed by atoms with van der Waals surface area (Å²) < 4.78 is 0. The van der Waals surface area contributed by atoms with Crippen LogP contribution in [0, 0.1) is 35.0 Å². The van der Waals surface area contributed by atoms with Crippen molar-refractivity contribution in [2.24, 2.45) is 35.0 Å². The first kappa shape index (κ1) is 11.3. The van der Waals surface area contributed by atoms with Crippen LogP contribution in [0.25, 0.3) is 0 Å². The molecule has 0 aliphatic heterocycles. The molecule has 0 spiro atoms. The quantitative estimate of drug-likeness (QED) is 0.816. The zero-order valence-electron chi connectivity index (χ0n) is 11.5. The van der Waals surface area contributed by atoms with Gasteiger partial charge in [0.05, 0.1) is 0 Å². The largest absolute Gasteiger partial charge is 0.355 e. The predicted molar refractivity (Wildman–Crippen MR) is 70.9 cm³/mol. The number of hydrogen-bond donors (Lipinski definition) is 1. The average Bonchev–Trinajstić information content (AvgIpc) is 3.02. The molecule has 100 valence electrons. The lowest BCUT2D eigenvalue weighted by molar-refractivity contribution is -0.124. The van der Waals surface area contributed by atoms with Crippen LogP contribution in [0.4, 0.5) is 0 Å². The smallest absolute Gasteiger partial charge is 0.223 e. The molecular formula is C16H25NO. The Kier molecular flexibility index (Phi) is 2.35. The first-order valence-corrected chi connectivity index (χ1v) is 7.91. The highest BCUT2D eigenvalue weighted by Gasteiger charge is 2.51. The summed E-state index contributed by atoms with van der Waals surface area (Å²) in [5.41, 5.74) is 0.503. The zero-order chi connectivity index (χ0) is 12.3. The van der Waals surface area contributed by atoms with Gasteiger partial charge in [0.25, 0.3) is 0 Å². The normalized spacial score (nSPS) is 52.4. The Bertz CT molecular complexity index is 340. The monoisotopic (exact) mass is 247 g/mol. The minimum atomic E-state index is 0.346. The van der Waals surface area contributed by atoms with Crippen LogP contribution in [0.1, 0.15) is 51.9 Å². The molecule has 0 radical (unpaired) electrons. The Labute approximate surface area is 110 Å². The number of rotatable bonds is 3. The van der Waals surface area contributed by atoms with Crippen molar-refractivity contribution in [3.63, 3.8) is 0 Å². The molecule has 1 N–H and O–H groups in total. The van der Waals surface area contributed by atoms with Crippen molar-refractivity contribution in [3.05, 3.63) is 0 Å². The SMILES string of the molecule is C[C@@H]1C[C@@H]1C(=O)NCC12CC3CC(CC(C3)C1)C2. The molecular weight excluding hydrogens is 222 g/mol. The molecule has 18 heavy (non-hydrogen) atoms. The first-order valence-electron chi connectivity index (χ1n) is 7.91. The zero-order valence-corrected chi connectivity index (χ0v) is 11.5. The third-order valence-electron chi connectivity index (χ3n) is 6.25. The molecule has 5 rings (SSSR count). The van der Waals surface area contributed by atoms with Crippen LogP contribution >= 0.6 is 0 Å². The van der Waals surface area contributed by atoms with Crippen molar-refractivity contribution in [1.29, 1.82) is 0 Å². The number of amides is 1. The molecule has 0 unspecified atom stereocenters. The second kappa shape index (κ2) is 3.74. The fourth-order valence-electron chi connectivity index (χ4n) is 5.60. The van der Waals surface area contributed by atoms with E-state index in [2.05, 4.69) is 12.2 Å². The average molecular weight is 247 g/mol. The second-order valence-electron chi connectivity index (χ2n) is 7.95. The summed E-state index contributed by atoms with van der Waals surface area (Å²) >= 11 is 0. The summed E-state index contributed by atoms with van der Waals surface area (Å²) in [5.74, 6) is 4.31. The van der Waals surface area contributed by atoms with Gasteiger partial charge in [0.1, 0.15) is 0 Å². The van der Waals surface area contributed by atoms with Crippen LogP contribution in [0.3, 0.4) is 0 Å². The first-order chi connectivity index (χ1) is 8.63. The van der Waals surface area contributed by atoms with Gasteiger partial charge in [0, 0.05) is 12.5 Å². The van der Waals surface area contributed by atoms with Crippen LogP contribution in [-0.4, -0.2) is 12.5 Å². The maximum absolute atomic E-state index is 12.0. The van der Waals surface area contributed by atoms with E-state index in [1.54, 1.807) is 0 Å². The van der Waals surface area contributed by atoms with Crippen molar-refractivity contribution >= 4 is 5.91 Å². The molecule has 5 fully saturated rings. The Hall–Kier alpha value is -0.530. The highest BCUT2D eigenvalue weighted by Crippen LogP contribution is 2.59. The summed E-state index contributed by atoms with van der Waals surface area (Å²) in [6.07, 6.45) is 9.80. The Balaban J connectivity index is 1.40. The van der Waals surface area contributed by atoms with E-state index in [1.165, 1.54) is 38.5 Å². The molecule has 5 aliphatic carbocycles. The van der Waals surface area contributed by atoms with Gasteiger partial charge in [-0.3, -0.25) is 4.79 Å². The van der Waals surface area contributed by atoms with E-state index in [-0.39, 0.29) is 0 Å². The van der Waals surface area contributed by atoms with Crippen molar-refractivity contribution in [1.82, 2.24) is 5.32 Å². The summed E-state index contributed by atoms with van der Waals surface area (Å²) in [4.78, 5) is 12.0. The van der Waals surface area contributed by atoms with Gasteiger partial charge < -0.3 is 5.32 Å². The van der Waals surface area contributed by atoms with Gasteiger partial charge in [-0.25, -0.2) is 0 Å². The minimum Gasteiger partial charge on any atom is -0.355 e.